The van der Waals surface area contributed by atoms with Crippen LogP contribution in [0.5, 0.6) is 0 Å². The molecule has 0 aromatic heterocycles. The zero-order valence-electron chi connectivity index (χ0n) is 12.1. The Balaban J connectivity index is 1.50. The van der Waals surface area contributed by atoms with Crippen LogP contribution in [0.2, 0.25) is 0 Å². The van der Waals surface area contributed by atoms with Gasteiger partial charge in [0.2, 0.25) is 0 Å². The first-order valence-corrected chi connectivity index (χ1v) is 8.19. The molecule has 0 spiro atoms. The lowest BCUT2D eigenvalue weighted by atomic mass is 9.77. The van der Waals surface area contributed by atoms with Crippen molar-refractivity contribution in [1.82, 2.24) is 0 Å². The summed E-state index contributed by atoms with van der Waals surface area (Å²) in [5.74, 6) is 2.11. The largest absolute Gasteiger partial charge is 0.350 e. The maximum Gasteiger partial charge on any atom is 0.172 e. The van der Waals surface area contributed by atoms with E-state index in [4.69, 9.17) is 9.47 Å². The van der Waals surface area contributed by atoms with Crippen molar-refractivity contribution in [2.75, 3.05) is 6.61 Å². The van der Waals surface area contributed by atoms with E-state index in [1.165, 1.54) is 37.7 Å². The van der Waals surface area contributed by atoms with Crippen LogP contribution in [0.1, 0.15) is 44.1 Å². The minimum absolute atomic E-state index is 0.254. The van der Waals surface area contributed by atoms with Gasteiger partial charge >= 0.3 is 0 Å². The van der Waals surface area contributed by atoms with Crippen LogP contribution in [0, 0.1) is 17.8 Å². The highest BCUT2D eigenvalue weighted by Gasteiger charge is 2.58. The highest BCUT2D eigenvalue weighted by atomic mass is 16.7. The van der Waals surface area contributed by atoms with Crippen molar-refractivity contribution < 1.29 is 9.47 Å². The summed E-state index contributed by atoms with van der Waals surface area (Å²) in [6.45, 7) is 1.58. The molecule has 3 aliphatic rings. The highest BCUT2D eigenvalue weighted by molar-refractivity contribution is 5.14. The summed E-state index contributed by atoms with van der Waals surface area (Å²) in [5.41, 5.74) is 1.26. The van der Waals surface area contributed by atoms with Crippen LogP contribution >= 0.6 is 0 Å². The number of fused-ring (bicyclic) bond motifs is 3. The topological polar surface area (TPSA) is 18.5 Å². The molecule has 2 aliphatic carbocycles. The minimum atomic E-state index is -0.254. The highest BCUT2D eigenvalue weighted by Crippen LogP contribution is 2.57. The Hall–Kier alpha value is -0.860. The van der Waals surface area contributed by atoms with Crippen LogP contribution in [0.25, 0.3) is 0 Å². The SMILES string of the molecule is c1ccc(CO[C@@]23C[C@@H]4CCCC[C@@H]4[C@@H]2CCO3)cc1. The van der Waals surface area contributed by atoms with E-state index in [1.54, 1.807) is 0 Å². The van der Waals surface area contributed by atoms with Gasteiger partial charge in [0.15, 0.2) is 5.79 Å². The Kier molecular flexibility index (Phi) is 3.31. The minimum Gasteiger partial charge on any atom is -0.350 e. The number of hydrogen-bond acceptors (Lipinski definition) is 2. The Morgan fingerprint density at radius 2 is 1.95 bits per heavy atom. The first kappa shape index (κ1) is 12.8. The number of hydrogen-bond donors (Lipinski definition) is 0. The molecule has 20 heavy (non-hydrogen) atoms. The fraction of sp³-hybridized carbons (Fsp3) is 0.667. The fourth-order valence-corrected chi connectivity index (χ4v) is 4.81. The molecule has 2 heteroatoms. The van der Waals surface area contributed by atoms with E-state index in [-0.39, 0.29) is 5.79 Å². The molecule has 0 radical (unpaired) electrons. The molecule has 1 heterocycles. The average Bonchev–Trinajstić information content (AvgIpc) is 3.02. The standard InChI is InChI=1S/C18H24O2/c1-2-6-14(7-3-1)13-20-18-12-15-8-4-5-9-16(15)17(18)10-11-19-18/h1-3,6-7,15-17H,4-5,8-13H2/t15-,16-,17-,18-/m0/s1. The first-order valence-electron chi connectivity index (χ1n) is 8.19. The molecule has 0 amide bonds. The van der Waals surface area contributed by atoms with E-state index in [0.29, 0.717) is 12.5 Å². The Morgan fingerprint density at radius 1 is 1.10 bits per heavy atom. The molecular formula is C18H24O2. The molecule has 0 unspecified atom stereocenters. The maximum atomic E-state index is 6.37. The second-order valence-corrected chi connectivity index (χ2v) is 6.74. The zero-order valence-corrected chi connectivity index (χ0v) is 12.1. The van der Waals surface area contributed by atoms with Crippen molar-refractivity contribution in [3.05, 3.63) is 35.9 Å². The third-order valence-corrected chi connectivity index (χ3v) is 5.70. The van der Waals surface area contributed by atoms with Crippen molar-refractivity contribution in [2.45, 2.75) is 50.9 Å². The molecule has 2 saturated carbocycles. The van der Waals surface area contributed by atoms with Gasteiger partial charge in [-0.1, -0.05) is 43.2 Å². The van der Waals surface area contributed by atoms with Gasteiger partial charge in [-0.05, 0) is 36.7 Å². The van der Waals surface area contributed by atoms with Crippen LogP contribution in [0.15, 0.2) is 30.3 Å². The van der Waals surface area contributed by atoms with Gasteiger partial charge < -0.3 is 9.47 Å². The normalized spacial score (nSPS) is 39.5. The van der Waals surface area contributed by atoms with Crippen molar-refractivity contribution in [3.8, 4) is 0 Å². The van der Waals surface area contributed by atoms with Crippen molar-refractivity contribution in [1.29, 1.82) is 0 Å². The molecule has 108 valence electrons. The van der Waals surface area contributed by atoms with Gasteiger partial charge in [0.05, 0.1) is 13.2 Å². The molecule has 3 fully saturated rings. The third kappa shape index (κ3) is 2.10. The Bertz CT molecular complexity index is 458. The van der Waals surface area contributed by atoms with E-state index in [9.17, 15) is 0 Å². The number of ether oxygens (including phenoxy) is 2. The van der Waals surface area contributed by atoms with E-state index < -0.39 is 0 Å². The van der Waals surface area contributed by atoms with Crippen LogP contribution in [-0.4, -0.2) is 12.4 Å². The Morgan fingerprint density at radius 3 is 2.85 bits per heavy atom. The van der Waals surface area contributed by atoms with Crippen molar-refractivity contribution >= 4 is 0 Å². The quantitative estimate of drug-likeness (QED) is 0.823. The molecule has 1 aromatic rings. The molecule has 1 aromatic carbocycles. The number of benzene rings is 1. The maximum absolute atomic E-state index is 6.37. The van der Waals surface area contributed by atoms with Gasteiger partial charge in [-0.15, -0.1) is 0 Å². The van der Waals surface area contributed by atoms with E-state index in [1.807, 2.05) is 0 Å². The van der Waals surface area contributed by atoms with Gasteiger partial charge in [-0.3, -0.25) is 0 Å². The summed E-state index contributed by atoms with van der Waals surface area (Å²) in [5, 5.41) is 0. The van der Waals surface area contributed by atoms with Gasteiger partial charge in [0.25, 0.3) is 0 Å². The first-order chi connectivity index (χ1) is 9.87. The van der Waals surface area contributed by atoms with Crippen molar-refractivity contribution in [3.63, 3.8) is 0 Å². The number of rotatable bonds is 3. The van der Waals surface area contributed by atoms with Gasteiger partial charge in [0.1, 0.15) is 0 Å². The Labute approximate surface area is 121 Å². The lowest BCUT2D eigenvalue weighted by Crippen LogP contribution is -2.35. The molecule has 2 nitrogen and oxygen atoms in total. The third-order valence-electron chi connectivity index (χ3n) is 5.70. The lowest BCUT2D eigenvalue weighted by molar-refractivity contribution is -0.231. The molecular weight excluding hydrogens is 248 g/mol. The molecule has 1 aliphatic heterocycles. The molecule has 0 bridgehead atoms. The lowest BCUT2D eigenvalue weighted by Gasteiger charge is -2.30. The second-order valence-electron chi connectivity index (χ2n) is 6.74. The van der Waals surface area contributed by atoms with Crippen molar-refractivity contribution in [2.24, 2.45) is 17.8 Å². The second kappa shape index (κ2) is 5.16. The van der Waals surface area contributed by atoms with E-state index >= 15 is 0 Å². The molecule has 4 atom stereocenters. The van der Waals surface area contributed by atoms with Crippen LogP contribution in [0.3, 0.4) is 0 Å². The summed E-state index contributed by atoms with van der Waals surface area (Å²) in [7, 11) is 0. The van der Waals surface area contributed by atoms with Crippen LogP contribution in [-0.2, 0) is 16.1 Å². The predicted octanol–water partition coefficient (Wildman–Crippen LogP) is 4.15. The van der Waals surface area contributed by atoms with E-state index in [2.05, 4.69) is 30.3 Å². The van der Waals surface area contributed by atoms with Gasteiger partial charge in [-0.2, -0.15) is 0 Å². The summed E-state index contributed by atoms with van der Waals surface area (Å²) in [6, 6.07) is 10.5. The monoisotopic (exact) mass is 272 g/mol. The molecule has 1 saturated heterocycles. The zero-order chi connectivity index (χ0) is 13.4. The predicted molar refractivity (Wildman–Crippen MR) is 78.1 cm³/mol. The fourth-order valence-electron chi connectivity index (χ4n) is 4.81. The summed E-state index contributed by atoms with van der Waals surface area (Å²) in [4.78, 5) is 0. The molecule has 4 rings (SSSR count). The van der Waals surface area contributed by atoms with Crippen LogP contribution in [0.4, 0.5) is 0 Å². The summed E-state index contributed by atoms with van der Waals surface area (Å²) < 4.78 is 12.5. The summed E-state index contributed by atoms with van der Waals surface area (Å²) >= 11 is 0. The summed E-state index contributed by atoms with van der Waals surface area (Å²) in [6.07, 6.45) is 7.94. The molecule has 0 N–H and O–H groups in total. The van der Waals surface area contributed by atoms with Crippen LogP contribution < -0.4 is 0 Å². The van der Waals surface area contributed by atoms with E-state index in [0.717, 1.165) is 24.9 Å². The average molecular weight is 272 g/mol. The smallest absolute Gasteiger partial charge is 0.172 e. The van der Waals surface area contributed by atoms with Gasteiger partial charge in [0, 0.05) is 12.3 Å². The van der Waals surface area contributed by atoms with Gasteiger partial charge in [-0.25, -0.2) is 0 Å².